The number of amides is 1. The molecule has 0 fully saturated rings. The molecule has 0 aliphatic carbocycles. The molecule has 0 radical (unpaired) electrons. The Morgan fingerprint density at radius 3 is 2.73 bits per heavy atom. The fourth-order valence-corrected chi connectivity index (χ4v) is 1.37. The van der Waals surface area contributed by atoms with Crippen LogP contribution in [-0.2, 0) is 11.2 Å². The lowest BCUT2D eigenvalue weighted by molar-refractivity contribution is -0.121. The van der Waals surface area contributed by atoms with Gasteiger partial charge in [-0.05, 0) is 20.8 Å². The summed E-state index contributed by atoms with van der Waals surface area (Å²) in [5.74, 6) is -0.0934. The van der Waals surface area contributed by atoms with E-state index in [0.717, 1.165) is 17.0 Å². The Bertz CT molecular complexity index is 327. The van der Waals surface area contributed by atoms with E-state index in [1.807, 2.05) is 13.8 Å². The highest BCUT2D eigenvalue weighted by Crippen LogP contribution is 2.09. The van der Waals surface area contributed by atoms with Crippen LogP contribution in [-0.4, -0.2) is 33.9 Å². The van der Waals surface area contributed by atoms with Gasteiger partial charge in [0, 0.05) is 17.3 Å². The summed E-state index contributed by atoms with van der Waals surface area (Å²) in [4.78, 5) is 11.5. The van der Waals surface area contributed by atoms with E-state index in [9.17, 15) is 4.79 Å². The molecule has 0 saturated heterocycles. The minimum Gasteiger partial charge on any atom is -0.394 e. The molecular formula is C10H17N3O2. The predicted octanol–water partition coefficient (Wildman–Crippen LogP) is 0.0660. The molecule has 0 aliphatic rings. The lowest BCUT2D eigenvalue weighted by Crippen LogP contribution is -2.36. The van der Waals surface area contributed by atoms with Crippen molar-refractivity contribution in [3.63, 3.8) is 0 Å². The van der Waals surface area contributed by atoms with Crippen LogP contribution in [0.3, 0.4) is 0 Å². The second-order valence-corrected chi connectivity index (χ2v) is 3.74. The van der Waals surface area contributed by atoms with Crippen molar-refractivity contribution < 1.29 is 9.90 Å². The predicted molar refractivity (Wildman–Crippen MR) is 56.5 cm³/mol. The summed E-state index contributed by atoms with van der Waals surface area (Å²) >= 11 is 0. The van der Waals surface area contributed by atoms with E-state index in [-0.39, 0.29) is 18.6 Å². The molecule has 15 heavy (non-hydrogen) atoms. The van der Waals surface area contributed by atoms with Crippen LogP contribution in [0.1, 0.15) is 23.9 Å². The number of aliphatic hydroxyl groups is 1. The molecule has 0 unspecified atom stereocenters. The first-order valence-corrected chi connectivity index (χ1v) is 4.95. The van der Waals surface area contributed by atoms with Crippen LogP contribution in [0.15, 0.2) is 0 Å². The molecule has 3 N–H and O–H groups in total. The lowest BCUT2D eigenvalue weighted by Gasteiger charge is -2.10. The van der Waals surface area contributed by atoms with Crippen molar-refractivity contribution in [2.24, 2.45) is 0 Å². The molecule has 0 aromatic carbocycles. The summed E-state index contributed by atoms with van der Waals surface area (Å²) in [7, 11) is 0. The third kappa shape index (κ3) is 3.06. The van der Waals surface area contributed by atoms with Gasteiger partial charge in [-0.2, -0.15) is 5.10 Å². The number of rotatable bonds is 4. The van der Waals surface area contributed by atoms with E-state index < -0.39 is 0 Å². The molecule has 1 rings (SSSR count). The summed E-state index contributed by atoms with van der Waals surface area (Å²) in [6, 6.07) is -0.204. The van der Waals surface area contributed by atoms with Crippen LogP contribution in [0.5, 0.6) is 0 Å². The normalized spacial score (nSPS) is 12.5. The highest BCUT2D eigenvalue weighted by molar-refractivity contribution is 5.79. The Hall–Kier alpha value is -1.36. The first-order chi connectivity index (χ1) is 7.04. The Morgan fingerprint density at radius 1 is 1.60 bits per heavy atom. The van der Waals surface area contributed by atoms with E-state index in [4.69, 9.17) is 5.11 Å². The van der Waals surface area contributed by atoms with E-state index in [0.29, 0.717) is 6.42 Å². The SMILES string of the molecule is Cc1n[nH]c(C)c1CC(=O)N[C@@H](C)CO. The highest BCUT2D eigenvalue weighted by atomic mass is 16.3. The molecule has 0 saturated carbocycles. The van der Waals surface area contributed by atoms with E-state index in [2.05, 4.69) is 15.5 Å². The summed E-state index contributed by atoms with van der Waals surface area (Å²) in [6.07, 6.45) is 0.304. The maximum atomic E-state index is 11.5. The zero-order chi connectivity index (χ0) is 11.4. The lowest BCUT2D eigenvalue weighted by atomic mass is 10.1. The minimum absolute atomic E-state index is 0.0465. The fourth-order valence-electron chi connectivity index (χ4n) is 1.37. The van der Waals surface area contributed by atoms with Crippen LogP contribution in [0.4, 0.5) is 0 Å². The van der Waals surface area contributed by atoms with E-state index >= 15 is 0 Å². The zero-order valence-corrected chi connectivity index (χ0v) is 9.29. The van der Waals surface area contributed by atoms with Gasteiger partial charge < -0.3 is 10.4 Å². The fraction of sp³-hybridized carbons (Fsp3) is 0.600. The highest BCUT2D eigenvalue weighted by Gasteiger charge is 2.12. The van der Waals surface area contributed by atoms with Crippen molar-refractivity contribution >= 4 is 5.91 Å². The van der Waals surface area contributed by atoms with Gasteiger partial charge in [-0.1, -0.05) is 0 Å². The number of carbonyl (C=O) groups is 1. The van der Waals surface area contributed by atoms with Crippen molar-refractivity contribution in [3.8, 4) is 0 Å². The molecular weight excluding hydrogens is 194 g/mol. The Morgan fingerprint density at radius 2 is 2.27 bits per heavy atom. The van der Waals surface area contributed by atoms with Gasteiger partial charge >= 0.3 is 0 Å². The number of hydrogen-bond acceptors (Lipinski definition) is 3. The van der Waals surface area contributed by atoms with Gasteiger partial charge in [0.1, 0.15) is 0 Å². The summed E-state index contributed by atoms with van der Waals surface area (Å²) in [5.41, 5.74) is 2.69. The van der Waals surface area contributed by atoms with Crippen molar-refractivity contribution in [3.05, 3.63) is 17.0 Å². The van der Waals surface area contributed by atoms with Crippen molar-refractivity contribution in [1.29, 1.82) is 0 Å². The molecule has 1 atom stereocenters. The van der Waals surface area contributed by atoms with Gasteiger partial charge in [-0.3, -0.25) is 9.89 Å². The first kappa shape index (κ1) is 11.7. The average molecular weight is 211 g/mol. The molecule has 0 aliphatic heterocycles. The quantitative estimate of drug-likeness (QED) is 0.659. The number of aromatic amines is 1. The molecule has 5 nitrogen and oxygen atoms in total. The van der Waals surface area contributed by atoms with Gasteiger partial charge in [0.05, 0.1) is 18.7 Å². The largest absolute Gasteiger partial charge is 0.394 e. The van der Waals surface area contributed by atoms with Gasteiger partial charge in [-0.25, -0.2) is 0 Å². The standard InChI is InChI=1S/C10H17N3O2/c1-6(5-14)11-10(15)4-9-7(2)12-13-8(9)3/h6,14H,4-5H2,1-3H3,(H,11,15)(H,12,13)/t6-/m0/s1. The molecule has 0 bridgehead atoms. The monoisotopic (exact) mass is 211 g/mol. The number of H-pyrrole nitrogens is 1. The van der Waals surface area contributed by atoms with Crippen molar-refractivity contribution in [2.45, 2.75) is 33.2 Å². The van der Waals surface area contributed by atoms with Gasteiger partial charge in [0.15, 0.2) is 0 Å². The number of nitrogens with one attached hydrogen (secondary N) is 2. The summed E-state index contributed by atoms with van der Waals surface area (Å²) in [5, 5.41) is 18.3. The number of aryl methyl sites for hydroxylation is 2. The molecule has 1 aromatic rings. The van der Waals surface area contributed by atoms with Crippen LogP contribution in [0.25, 0.3) is 0 Å². The third-order valence-corrected chi connectivity index (χ3v) is 2.30. The summed E-state index contributed by atoms with van der Waals surface area (Å²) in [6.45, 7) is 5.46. The first-order valence-electron chi connectivity index (χ1n) is 4.95. The van der Waals surface area contributed by atoms with E-state index in [1.165, 1.54) is 0 Å². The van der Waals surface area contributed by atoms with Crippen LogP contribution >= 0.6 is 0 Å². The Kier molecular flexibility index (Phi) is 3.85. The molecule has 1 aromatic heterocycles. The molecule has 84 valence electrons. The van der Waals surface area contributed by atoms with Crippen LogP contribution < -0.4 is 5.32 Å². The van der Waals surface area contributed by atoms with Gasteiger partial charge in [-0.15, -0.1) is 0 Å². The van der Waals surface area contributed by atoms with Crippen molar-refractivity contribution in [2.75, 3.05) is 6.61 Å². The maximum absolute atomic E-state index is 11.5. The van der Waals surface area contributed by atoms with Gasteiger partial charge in [0.25, 0.3) is 0 Å². The zero-order valence-electron chi connectivity index (χ0n) is 9.29. The molecule has 1 heterocycles. The van der Waals surface area contributed by atoms with Crippen LogP contribution in [0, 0.1) is 13.8 Å². The molecule has 5 heteroatoms. The number of nitrogens with zero attached hydrogens (tertiary/aromatic N) is 1. The molecule has 1 amide bonds. The number of carbonyl (C=O) groups excluding carboxylic acids is 1. The second-order valence-electron chi connectivity index (χ2n) is 3.74. The number of aliphatic hydroxyl groups excluding tert-OH is 1. The van der Waals surface area contributed by atoms with Crippen LogP contribution in [0.2, 0.25) is 0 Å². The van der Waals surface area contributed by atoms with E-state index in [1.54, 1.807) is 6.92 Å². The topological polar surface area (TPSA) is 78.0 Å². The molecule has 0 spiro atoms. The maximum Gasteiger partial charge on any atom is 0.224 e. The Labute approximate surface area is 88.9 Å². The average Bonchev–Trinajstić information content (AvgIpc) is 2.49. The minimum atomic E-state index is -0.204. The number of hydrogen-bond donors (Lipinski definition) is 3. The van der Waals surface area contributed by atoms with Gasteiger partial charge in [0.2, 0.25) is 5.91 Å². The summed E-state index contributed by atoms with van der Waals surface area (Å²) < 4.78 is 0. The number of aromatic nitrogens is 2. The smallest absolute Gasteiger partial charge is 0.224 e. The third-order valence-electron chi connectivity index (χ3n) is 2.30. The Balaban J connectivity index is 2.59. The second kappa shape index (κ2) is 4.93. The van der Waals surface area contributed by atoms with Crippen molar-refractivity contribution in [1.82, 2.24) is 15.5 Å².